The molecule has 29 heteroatoms. The predicted molar refractivity (Wildman–Crippen MR) is 372 cm³/mol. The Morgan fingerprint density at radius 3 is 0.943 bits per heavy atom. The second-order valence-corrected chi connectivity index (χ2v) is 26.8. The number of aliphatic hydroxyl groups is 12. The van der Waals surface area contributed by atoms with Gasteiger partial charge in [-0.3, -0.25) is 0 Å². The van der Waals surface area contributed by atoms with Crippen LogP contribution in [-0.2, 0) is 18.9 Å². The van der Waals surface area contributed by atoms with Crippen molar-refractivity contribution in [3.63, 3.8) is 0 Å². The van der Waals surface area contributed by atoms with Crippen molar-refractivity contribution < 1.29 is 97.8 Å². The molecule has 20 unspecified atom stereocenters. The van der Waals surface area contributed by atoms with Crippen LogP contribution in [0.5, 0.6) is 0 Å². The van der Waals surface area contributed by atoms with E-state index in [0.717, 1.165) is 55.9 Å². The summed E-state index contributed by atoms with van der Waals surface area (Å²) in [6, 6.07) is 35.0. The van der Waals surface area contributed by atoms with Gasteiger partial charge in [0.25, 0.3) is 0 Å². The van der Waals surface area contributed by atoms with Crippen molar-refractivity contribution in [2.75, 3.05) is 0 Å². The molecule has 4 fully saturated rings. The van der Waals surface area contributed by atoms with E-state index >= 15 is 0 Å². The molecule has 12 heterocycles. The molecule has 550 valence electrons. The zero-order valence-corrected chi connectivity index (χ0v) is 57.2. The van der Waals surface area contributed by atoms with Crippen LogP contribution < -0.4 is 0 Å². The van der Waals surface area contributed by atoms with Gasteiger partial charge in [-0.2, -0.15) is 0 Å². The van der Waals surface area contributed by atoms with E-state index in [1.54, 1.807) is 98.2 Å². The van der Waals surface area contributed by atoms with Crippen LogP contribution in [0, 0.1) is 51.0 Å². The number of aromatic nitrogens is 8. The summed E-state index contributed by atoms with van der Waals surface area (Å²) in [7, 11) is 0. The van der Waals surface area contributed by atoms with Gasteiger partial charge in [-0.05, 0) is 169 Å². The Balaban J connectivity index is 0.000000124. The molecule has 4 aromatic carbocycles. The van der Waals surface area contributed by atoms with Crippen molar-refractivity contribution in [1.82, 2.24) is 38.2 Å². The van der Waals surface area contributed by atoms with Crippen LogP contribution in [0.2, 0.25) is 5.02 Å². The first-order chi connectivity index (χ1) is 50.3. The van der Waals surface area contributed by atoms with Crippen molar-refractivity contribution in [2.45, 2.75) is 150 Å². The maximum Gasteiger partial charge on any atom is 0.164 e. The Bertz CT molecular complexity index is 4880. The van der Waals surface area contributed by atoms with Crippen LogP contribution in [0.1, 0.15) is 93.8 Å². The van der Waals surface area contributed by atoms with E-state index in [0.29, 0.717) is 44.8 Å². The number of aliphatic hydroxyl groups excluding tert-OH is 12. The number of hydrogen-bond donors (Lipinski definition) is 12. The second-order valence-electron chi connectivity index (χ2n) is 26.4. The van der Waals surface area contributed by atoms with Crippen LogP contribution in [0.25, 0.3) is 44.1 Å². The highest BCUT2D eigenvalue weighted by molar-refractivity contribution is 6.30. The SMILES string of the molecule is Cc1ccnc2c1ccn2C1OC(C(O)c2cc(F)cc(F)c2)C(O)C1O.Cc1ccnc2c1ccn2C1OC(C(O)c2ccc(F)cc2)C(O)C1O.Cc1ccnc2c1ccn2C1OC(C(O)c2cccc(Cl)c2)C(O)C1O.Cc1ccnc2c1ccn2C1OC(C(O)c2cccc(F)c2)C(O)C1O. The summed E-state index contributed by atoms with van der Waals surface area (Å²) < 4.78 is 83.1. The maximum absolute atomic E-state index is 13.4. The number of halogens is 5. The minimum absolute atomic E-state index is 0.0873. The number of aryl methyl sites for hydroxylation is 4. The lowest BCUT2D eigenvalue weighted by atomic mass is 9.99. The molecule has 0 radical (unpaired) electrons. The Morgan fingerprint density at radius 1 is 0.324 bits per heavy atom. The molecule has 16 rings (SSSR count). The van der Waals surface area contributed by atoms with Gasteiger partial charge in [0.05, 0.1) is 0 Å². The number of fused-ring (bicyclic) bond motifs is 4. The molecule has 4 aliphatic rings. The summed E-state index contributed by atoms with van der Waals surface area (Å²) in [5, 5.41) is 130. The number of pyridine rings is 4. The first-order valence-corrected chi connectivity index (χ1v) is 33.9. The monoisotopic (exact) mass is 1470 g/mol. The largest absolute Gasteiger partial charge is 0.387 e. The molecule has 0 aliphatic carbocycles. The van der Waals surface area contributed by atoms with Crippen LogP contribution >= 0.6 is 11.6 Å². The Morgan fingerprint density at radius 2 is 0.619 bits per heavy atom. The molecule has 0 bridgehead atoms. The molecular weight excluding hydrogens is 1390 g/mol. The lowest BCUT2D eigenvalue weighted by Crippen LogP contribution is -2.34. The summed E-state index contributed by atoms with van der Waals surface area (Å²) in [6.07, 6.45) is -10.1. The Kier molecular flexibility index (Phi) is 21.8. The Hall–Kier alpha value is -8.99. The lowest BCUT2D eigenvalue weighted by molar-refractivity contribution is -0.0849. The molecule has 8 aromatic heterocycles. The van der Waals surface area contributed by atoms with Crippen molar-refractivity contribution in [3.8, 4) is 0 Å². The van der Waals surface area contributed by atoms with Gasteiger partial charge in [0.15, 0.2) is 24.9 Å². The van der Waals surface area contributed by atoms with E-state index in [1.807, 2.05) is 76.2 Å². The third kappa shape index (κ3) is 14.6. The van der Waals surface area contributed by atoms with Gasteiger partial charge < -0.3 is 98.5 Å². The first-order valence-electron chi connectivity index (χ1n) is 33.5. The van der Waals surface area contributed by atoms with Gasteiger partial charge in [0.2, 0.25) is 0 Å². The molecule has 4 aliphatic heterocycles. The third-order valence-electron chi connectivity index (χ3n) is 19.6. The molecular formula is C76H75ClF4N8O16. The van der Waals surface area contributed by atoms with E-state index in [9.17, 15) is 78.8 Å². The summed E-state index contributed by atoms with van der Waals surface area (Å²) in [6.45, 7) is 7.79. The van der Waals surface area contributed by atoms with Gasteiger partial charge in [-0.15, -0.1) is 0 Å². The van der Waals surface area contributed by atoms with Gasteiger partial charge in [0.1, 0.15) is 144 Å². The average Bonchev–Trinajstić information content (AvgIpc) is 1.64. The van der Waals surface area contributed by atoms with Gasteiger partial charge in [-0.25, -0.2) is 37.5 Å². The van der Waals surface area contributed by atoms with Gasteiger partial charge in [-0.1, -0.05) is 48.0 Å². The Labute approximate surface area is 601 Å². The smallest absolute Gasteiger partial charge is 0.164 e. The van der Waals surface area contributed by atoms with Crippen LogP contribution in [0.15, 0.2) is 189 Å². The third-order valence-corrected chi connectivity index (χ3v) is 19.8. The van der Waals surface area contributed by atoms with Crippen molar-refractivity contribution in [1.29, 1.82) is 0 Å². The van der Waals surface area contributed by atoms with E-state index in [4.69, 9.17) is 30.5 Å². The minimum atomic E-state index is -1.53. The standard InChI is InChI=1S/C19H19ClN2O4.C19H18F2N2O4.2C19H19FN2O4/c1-10-5-7-21-18-13(10)6-8-22(18)19-16(25)15(24)17(26-19)14(23)11-3-2-4-12(20)9-11;1-9-2-4-22-18-13(9)3-5-23(18)19-16(26)15(25)17(27-19)14(24)10-6-11(20)8-12(21)7-10;1-10-6-8-21-18-13(10)7-9-22(18)19-16(25)15(24)17(26-19)14(23)11-2-4-12(20)5-3-11;1-10-5-7-21-18-13(10)6-8-22(18)19-16(25)15(24)17(26-19)14(23)11-3-2-4-12(20)9-11/h2-9,14-17,19,23-25H,1H3;2-8,14-17,19,24-26H,1H3;2*2-9,14-17,19,23-25H,1H3. The summed E-state index contributed by atoms with van der Waals surface area (Å²) in [4.78, 5) is 17.3. The lowest BCUT2D eigenvalue weighted by Gasteiger charge is -2.21. The van der Waals surface area contributed by atoms with Gasteiger partial charge in [0, 0.05) is 82.2 Å². The number of rotatable bonds is 12. The maximum atomic E-state index is 13.4. The molecule has 0 amide bonds. The highest BCUT2D eigenvalue weighted by atomic mass is 35.5. The number of hydrogen-bond acceptors (Lipinski definition) is 20. The fourth-order valence-electron chi connectivity index (χ4n) is 13.8. The quantitative estimate of drug-likeness (QED) is 0.0515. The van der Waals surface area contributed by atoms with Crippen LogP contribution in [0.3, 0.4) is 0 Å². The minimum Gasteiger partial charge on any atom is -0.387 e. The molecule has 0 saturated carbocycles. The van der Waals surface area contributed by atoms with E-state index in [1.165, 1.54) is 42.5 Å². The zero-order valence-electron chi connectivity index (χ0n) is 56.4. The molecule has 4 saturated heterocycles. The topological polar surface area (TPSA) is 351 Å². The van der Waals surface area contributed by atoms with Crippen LogP contribution in [0.4, 0.5) is 17.6 Å². The van der Waals surface area contributed by atoms with Crippen molar-refractivity contribution in [3.05, 3.63) is 262 Å². The summed E-state index contributed by atoms with van der Waals surface area (Å²) >= 11 is 5.97. The average molecular weight is 1470 g/mol. The molecule has 105 heavy (non-hydrogen) atoms. The first kappa shape index (κ1) is 74.3. The highest BCUT2D eigenvalue weighted by Crippen LogP contribution is 2.43. The number of nitrogens with zero attached hydrogens (tertiary/aromatic N) is 8. The number of benzene rings is 4. The highest BCUT2D eigenvalue weighted by Gasteiger charge is 2.51. The summed E-state index contributed by atoms with van der Waals surface area (Å²) in [5.41, 5.74) is 7.63. The van der Waals surface area contributed by atoms with Crippen molar-refractivity contribution in [2.24, 2.45) is 0 Å². The van der Waals surface area contributed by atoms with Gasteiger partial charge >= 0.3 is 0 Å². The molecule has 0 spiro atoms. The second kappa shape index (κ2) is 30.8. The molecule has 12 N–H and O–H groups in total. The van der Waals surface area contributed by atoms with Crippen molar-refractivity contribution >= 4 is 55.7 Å². The predicted octanol–water partition coefficient (Wildman–Crippen LogP) is 8.00. The summed E-state index contributed by atoms with van der Waals surface area (Å²) in [5.74, 6) is -2.64. The molecule has 12 aromatic rings. The van der Waals surface area contributed by atoms with Crippen LogP contribution in [-0.4, -0.2) is 173 Å². The zero-order chi connectivity index (χ0) is 74.6. The van der Waals surface area contributed by atoms with E-state index in [2.05, 4.69) is 19.9 Å². The fourth-order valence-corrected chi connectivity index (χ4v) is 14.0. The molecule has 24 nitrogen and oxygen atoms in total. The van der Waals surface area contributed by atoms with E-state index in [-0.39, 0.29) is 11.1 Å². The van der Waals surface area contributed by atoms with E-state index < -0.39 is 146 Å². The molecule has 20 atom stereocenters. The fraction of sp³-hybridized carbons (Fsp3) is 0.316. The number of ether oxygens (including phenoxy) is 4. The normalized spacial score (nSPS) is 27.0.